The van der Waals surface area contributed by atoms with Crippen molar-refractivity contribution in [3.05, 3.63) is 36.9 Å². The first-order valence-electron chi connectivity index (χ1n) is 5.88. The molecule has 0 aliphatic carbocycles. The molecular formula is C12H12N6O. The molecular weight excluding hydrogens is 244 g/mol. The number of nitrogens with one attached hydrogen (secondary N) is 2. The number of anilines is 1. The Kier molecular flexibility index (Phi) is 2.93. The maximum atomic E-state index is 11.7. The molecule has 1 aromatic carbocycles. The van der Waals surface area contributed by atoms with Crippen LogP contribution >= 0.6 is 0 Å². The van der Waals surface area contributed by atoms with E-state index < -0.39 is 0 Å². The molecule has 0 fully saturated rings. The number of carbonyl (C=O) groups is 1. The zero-order valence-corrected chi connectivity index (χ0v) is 10.1. The minimum Gasteiger partial charge on any atom is -0.330 e. The highest BCUT2D eigenvalue weighted by Crippen LogP contribution is 2.12. The lowest BCUT2D eigenvalue weighted by Crippen LogP contribution is -2.15. The lowest BCUT2D eigenvalue weighted by molar-refractivity contribution is -0.116. The van der Waals surface area contributed by atoms with Crippen LogP contribution in [0.1, 0.15) is 6.42 Å². The number of hydrogen-bond donors (Lipinski definition) is 2. The fourth-order valence-electron chi connectivity index (χ4n) is 1.87. The largest absolute Gasteiger partial charge is 0.330 e. The predicted molar refractivity (Wildman–Crippen MR) is 69.4 cm³/mol. The Hall–Kier alpha value is -2.70. The average Bonchev–Trinajstić information content (AvgIpc) is 3.05. The van der Waals surface area contributed by atoms with Crippen LogP contribution in [0.2, 0.25) is 0 Å². The van der Waals surface area contributed by atoms with E-state index in [1.165, 1.54) is 6.33 Å². The SMILES string of the molecule is O=C(CCn1cnc2ccccc21)Nc1ncn[nH]1. The van der Waals surface area contributed by atoms with Gasteiger partial charge in [-0.25, -0.2) is 10.1 Å². The Balaban J connectivity index is 1.64. The third-order valence-electron chi connectivity index (χ3n) is 2.78. The fraction of sp³-hybridized carbons (Fsp3) is 0.167. The van der Waals surface area contributed by atoms with Gasteiger partial charge in [0.2, 0.25) is 11.9 Å². The highest BCUT2D eigenvalue weighted by molar-refractivity contribution is 5.88. The fourth-order valence-corrected chi connectivity index (χ4v) is 1.87. The number of benzene rings is 1. The molecule has 0 saturated heterocycles. The number of fused-ring (bicyclic) bond motifs is 1. The molecule has 7 heteroatoms. The molecule has 0 aliphatic heterocycles. The van der Waals surface area contributed by atoms with Crippen LogP contribution < -0.4 is 5.32 Å². The Morgan fingerprint density at radius 3 is 3.05 bits per heavy atom. The van der Waals surface area contributed by atoms with Crippen molar-refractivity contribution in [2.45, 2.75) is 13.0 Å². The second kappa shape index (κ2) is 4.89. The highest BCUT2D eigenvalue weighted by Gasteiger charge is 2.06. The van der Waals surface area contributed by atoms with E-state index in [0.717, 1.165) is 11.0 Å². The van der Waals surface area contributed by atoms with Gasteiger partial charge in [0, 0.05) is 13.0 Å². The number of nitrogens with zero attached hydrogens (tertiary/aromatic N) is 4. The van der Waals surface area contributed by atoms with Gasteiger partial charge in [0.1, 0.15) is 6.33 Å². The van der Waals surface area contributed by atoms with Crippen LogP contribution in [0.4, 0.5) is 5.95 Å². The van der Waals surface area contributed by atoms with E-state index in [2.05, 4.69) is 25.5 Å². The first-order valence-corrected chi connectivity index (χ1v) is 5.88. The summed E-state index contributed by atoms with van der Waals surface area (Å²) >= 11 is 0. The van der Waals surface area contributed by atoms with Crippen LogP contribution in [0.3, 0.4) is 0 Å². The molecule has 0 aliphatic rings. The van der Waals surface area contributed by atoms with Gasteiger partial charge in [0.05, 0.1) is 17.4 Å². The van der Waals surface area contributed by atoms with E-state index in [1.54, 1.807) is 6.33 Å². The van der Waals surface area contributed by atoms with Gasteiger partial charge in [-0.05, 0) is 12.1 Å². The van der Waals surface area contributed by atoms with Crippen molar-refractivity contribution in [3.63, 3.8) is 0 Å². The number of rotatable bonds is 4. The van der Waals surface area contributed by atoms with Crippen molar-refractivity contribution < 1.29 is 4.79 Å². The molecule has 2 heterocycles. The summed E-state index contributed by atoms with van der Waals surface area (Å²) in [6.07, 6.45) is 3.44. The van der Waals surface area contributed by atoms with Crippen LogP contribution in [-0.4, -0.2) is 30.6 Å². The second-order valence-electron chi connectivity index (χ2n) is 4.06. The van der Waals surface area contributed by atoms with E-state index in [1.807, 2.05) is 28.8 Å². The molecule has 2 N–H and O–H groups in total. The number of hydrogen-bond acceptors (Lipinski definition) is 4. The van der Waals surface area contributed by atoms with E-state index in [0.29, 0.717) is 18.9 Å². The summed E-state index contributed by atoms with van der Waals surface area (Å²) in [5, 5.41) is 8.87. The minimum absolute atomic E-state index is 0.116. The van der Waals surface area contributed by atoms with E-state index in [-0.39, 0.29) is 5.91 Å². The Morgan fingerprint density at radius 1 is 1.32 bits per heavy atom. The molecule has 3 rings (SSSR count). The molecule has 0 radical (unpaired) electrons. The van der Waals surface area contributed by atoms with Gasteiger partial charge in [-0.1, -0.05) is 12.1 Å². The summed E-state index contributed by atoms with van der Waals surface area (Å²) in [5.41, 5.74) is 1.95. The van der Waals surface area contributed by atoms with Crippen LogP contribution in [0.5, 0.6) is 0 Å². The summed E-state index contributed by atoms with van der Waals surface area (Å²) in [6, 6.07) is 7.82. The zero-order valence-electron chi connectivity index (χ0n) is 10.1. The molecule has 1 amide bonds. The highest BCUT2D eigenvalue weighted by atomic mass is 16.1. The number of carbonyl (C=O) groups excluding carboxylic acids is 1. The van der Waals surface area contributed by atoms with Crippen molar-refractivity contribution in [3.8, 4) is 0 Å². The van der Waals surface area contributed by atoms with Gasteiger partial charge >= 0.3 is 0 Å². The monoisotopic (exact) mass is 256 g/mol. The standard InChI is InChI=1S/C12H12N6O/c19-11(16-12-13-7-15-17-12)5-6-18-8-14-9-3-1-2-4-10(9)18/h1-4,7-8H,5-6H2,(H2,13,15,16,17,19). The molecule has 0 unspecified atom stereocenters. The van der Waals surface area contributed by atoms with Gasteiger partial charge in [-0.2, -0.15) is 10.1 Å². The Bertz CT molecular complexity index is 687. The molecule has 0 saturated carbocycles. The Morgan fingerprint density at radius 2 is 2.21 bits per heavy atom. The lowest BCUT2D eigenvalue weighted by atomic mass is 10.3. The van der Waals surface area contributed by atoms with Crippen molar-refractivity contribution >= 4 is 22.9 Å². The molecule has 19 heavy (non-hydrogen) atoms. The molecule has 0 spiro atoms. The molecule has 0 bridgehead atoms. The quantitative estimate of drug-likeness (QED) is 0.733. The maximum absolute atomic E-state index is 11.7. The number of H-pyrrole nitrogens is 1. The van der Waals surface area contributed by atoms with Crippen molar-refractivity contribution in [1.82, 2.24) is 24.7 Å². The van der Waals surface area contributed by atoms with E-state index >= 15 is 0 Å². The third kappa shape index (κ3) is 2.44. The third-order valence-corrected chi connectivity index (χ3v) is 2.78. The number of imidazole rings is 1. The van der Waals surface area contributed by atoms with Gasteiger partial charge in [-0.3, -0.25) is 10.1 Å². The average molecular weight is 256 g/mol. The van der Waals surface area contributed by atoms with Crippen LogP contribution in [0, 0.1) is 0 Å². The van der Waals surface area contributed by atoms with E-state index in [9.17, 15) is 4.79 Å². The van der Waals surface area contributed by atoms with Crippen molar-refractivity contribution in [2.24, 2.45) is 0 Å². The molecule has 96 valence electrons. The minimum atomic E-state index is -0.116. The topological polar surface area (TPSA) is 88.5 Å². The van der Waals surface area contributed by atoms with Crippen LogP contribution in [0.15, 0.2) is 36.9 Å². The number of aromatic amines is 1. The maximum Gasteiger partial charge on any atom is 0.228 e. The van der Waals surface area contributed by atoms with Gasteiger partial charge in [-0.15, -0.1) is 0 Å². The summed E-state index contributed by atoms with van der Waals surface area (Å²) in [6.45, 7) is 0.570. The van der Waals surface area contributed by atoms with Crippen LogP contribution in [0.25, 0.3) is 11.0 Å². The number of aryl methyl sites for hydroxylation is 1. The number of aromatic nitrogens is 5. The van der Waals surface area contributed by atoms with Crippen LogP contribution in [-0.2, 0) is 11.3 Å². The summed E-state index contributed by atoms with van der Waals surface area (Å²) < 4.78 is 1.95. The predicted octanol–water partition coefficient (Wildman–Crippen LogP) is 1.18. The number of para-hydroxylation sites is 2. The molecule has 2 aromatic heterocycles. The van der Waals surface area contributed by atoms with Gasteiger partial charge in [0.15, 0.2) is 0 Å². The second-order valence-corrected chi connectivity index (χ2v) is 4.06. The molecule has 0 atom stereocenters. The Labute approximate surface area is 108 Å². The smallest absolute Gasteiger partial charge is 0.228 e. The molecule has 7 nitrogen and oxygen atoms in total. The normalized spacial score (nSPS) is 10.7. The summed E-state index contributed by atoms with van der Waals surface area (Å²) in [4.78, 5) is 19.8. The summed E-state index contributed by atoms with van der Waals surface area (Å²) in [5.74, 6) is 0.245. The summed E-state index contributed by atoms with van der Waals surface area (Å²) in [7, 11) is 0. The zero-order chi connectivity index (χ0) is 13.1. The first kappa shape index (κ1) is 11.4. The van der Waals surface area contributed by atoms with Gasteiger partial charge in [0.25, 0.3) is 0 Å². The first-order chi connectivity index (χ1) is 9.33. The van der Waals surface area contributed by atoms with Crippen molar-refractivity contribution in [2.75, 3.05) is 5.32 Å². The van der Waals surface area contributed by atoms with Gasteiger partial charge < -0.3 is 4.57 Å². The lowest BCUT2D eigenvalue weighted by Gasteiger charge is -2.04. The number of amides is 1. The molecule has 3 aromatic rings. The van der Waals surface area contributed by atoms with Crippen molar-refractivity contribution in [1.29, 1.82) is 0 Å². The van der Waals surface area contributed by atoms with E-state index in [4.69, 9.17) is 0 Å².